The highest BCUT2D eigenvalue weighted by Crippen LogP contribution is 2.27. The van der Waals surface area contributed by atoms with Gasteiger partial charge in [0.15, 0.2) is 15.8 Å². The minimum Gasteiger partial charge on any atom is -0.352 e. The maximum atomic E-state index is 12.8. The first-order valence-electron chi connectivity index (χ1n) is 9.49. The first kappa shape index (κ1) is 19.4. The molecule has 27 heavy (non-hydrogen) atoms. The maximum Gasteiger partial charge on any atom is 0.198 e. The predicted octanol–water partition coefficient (Wildman–Crippen LogP) is 3.27. The van der Waals surface area contributed by atoms with Gasteiger partial charge in [-0.1, -0.05) is 43.3 Å². The number of nitrogens with one attached hydrogen (secondary N) is 1. The molecule has 1 aliphatic heterocycles. The number of nitrogens with zero attached hydrogens (tertiary/aromatic N) is 2. The first-order chi connectivity index (χ1) is 13.0. The van der Waals surface area contributed by atoms with Gasteiger partial charge in [0.1, 0.15) is 0 Å². The van der Waals surface area contributed by atoms with Crippen molar-refractivity contribution in [1.29, 1.82) is 0 Å². The third kappa shape index (κ3) is 4.50. The van der Waals surface area contributed by atoms with Crippen LogP contribution in [-0.4, -0.2) is 39.3 Å². The Balaban J connectivity index is 1.79. The van der Waals surface area contributed by atoms with Crippen LogP contribution in [0.1, 0.15) is 25.8 Å². The second-order valence-electron chi connectivity index (χ2n) is 6.67. The number of fused-ring (bicyclic) bond motifs is 1. The Morgan fingerprint density at radius 2 is 1.81 bits per heavy atom. The summed E-state index contributed by atoms with van der Waals surface area (Å²) in [7, 11) is -3.35. The Morgan fingerprint density at radius 3 is 2.52 bits per heavy atom. The Labute approximate surface area is 162 Å². The number of sulfone groups is 1. The van der Waals surface area contributed by atoms with E-state index in [-0.39, 0.29) is 11.8 Å². The highest BCUT2D eigenvalue weighted by atomic mass is 32.2. The normalized spacial score (nSPS) is 15.5. The second kappa shape index (κ2) is 8.57. The monoisotopic (exact) mass is 385 g/mol. The van der Waals surface area contributed by atoms with E-state index in [9.17, 15) is 8.42 Å². The standard InChI is InChI=1S/C21H27N3O2S/c1-3-18(16-27(25,26)19-11-6-5-7-12-19)23-21(22-4-2)24-15-14-17-10-8-9-13-20(17)24/h5-13,18H,3-4,14-16H2,1-2H3,(H,22,23). The number of anilines is 1. The van der Waals surface area contributed by atoms with Crippen LogP contribution >= 0.6 is 0 Å². The van der Waals surface area contributed by atoms with Crippen molar-refractivity contribution >= 4 is 21.5 Å². The van der Waals surface area contributed by atoms with Gasteiger partial charge in [0.2, 0.25) is 0 Å². The molecule has 0 radical (unpaired) electrons. The summed E-state index contributed by atoms with van der Waals surface area (Å²) >= 11 is 0. The molecule has 2 aromatic rings. The molecule has 1 atom stereocenters. The third-order valence-electron chi connectivity index (χ3n) is 4.80. The maximum absolute atomic E-state index is 12.8. The molecule has 1 unspecified atom stereocenters. The summed E-state index contributed by atoms with van der Waals surface area (Å²) in [5.74, 6) is 0.809. The van der Waals surface area contributed by atoms with Crippen LogP contribution in [0.2, 0.25) is 0 Å². The van der Waals surface area contributed by atoms with Crippen molar-refractivity contribution in [2.24, 2.45) is 4.99 Å². The molecule has 3 rings (SSSR count). The lowest BCUT2D eigenvalue weighted by atomic mass is 10.2. The molecule has 0 bridgehead atoms. The van der Waals surface area contributed by atoms with Crippen LogP contribution in [0.4, 0.5) is 5.69 Å². The quantitative estimate of drug-likeness (QED) is 0.612. The van der Waals surface area contributed by atoms with Crippen molar-refractivity contribution in [2.75, 3.05) is 23.7 Å². The Hall–Kier alpha value is -2.34. The fourth-order valence-corrected chi connectivity index (χ4v) is 4.96. The van der Waals surface area contributed by atoms with E-state index < -0.39 is 9.84 Å². The van der Waals surface area contributed by atoms with Gasteiger partial charge in [-0.05, 0) is 43.5 Å². The summed E-state index contributed by atoms with van der Waals surface area (Å²) in [6.07, 6.45) is 1.67. The molecule has 0 fully saturated rings. The molecule has 0 saturated heterocycles. The summed E-state index contributed by atoms with van der Waals surface area (Å²) in [5, 5.41) is 3.41. The molecule has 0 aromatic heterocycles. The van der Waals surface area contributed by atoms with Gasteiger partial charge >= 0.3 is 0 Å². The summed E-state index contributed by atoms with van der Waals surface area (Å²) in [6, 6.07) is 16.7. The molecule has 0 aliphatic carbocycles. The van der Waals surface area contributed by atoms with E-state index in [1.807, 2.05) is 32.0 Å². The number of para-hydroxylation sites is 1. The lowest BCUT2D eigenvalue weighted by molar-refractivity contribution is 0.570. The third-order valence-corrected chi connectivity index (χ3v) is 6.63. The molecule has 6 heteroatoms. The molecule has 0 spiro atoms. The van der Waals surface area contributed by atoms with E-state index in [4.69, 9.17) is 0 Å². The lowest BCUT2D eigenvalue weighted by Crippen LogP contribution is -2.48. The molecular weight excluding hydrogens is 358 g/mol. The number of aliphatic imine (C=N–C) groups is 1. The minimum absolute atomic E-state index is 0.0474. The van der Waals surface area contributed by atoms with Gasteiger partial charge in [-0.2, -0.15) is 0 Å². The molecule has 0 saturated carbocycles. The zero-order valence-electron chi connectivity index (χ0n) is 15.9. The fraction of sp³-hybridized carbons (Fsp3) is 0.381. The first-order valence-corrected chi connectivity index (χ1v) is 11.1. The van der Waals surface area contributed by atoms with Crippen LogP contribution in [-0.2, 0) is 16.3 Å². The highest BCUT2D eigenvalue weighted by molar-refractivity contribution is 7.91. The topological polar surface area (TPSA) is 61.8 Å². The largest absolute Gasteiger partial charge is 0.352 e. The number of hydrogen-bond donors (Lipinski definition) is 1. The van der Waals surface area contributed by atoms with Gasteiger partial charge in [-0.15, -0.1) is 0 Å². The average molecular weight is 386 g/mol. The van der Waals surface area contributed by atoms with Gasteiger partial charge in [0, 0.05) is 24.8 Å². The number of guanidine groups is 1. The van der Waals surface area contributed by atoms with Crippen molar-refractivity contribution in [1.82, 2.24) is 5.32 Å². The SMILES string of the molecule is CCN=C(NC(CC)CS(=O)(=O)c1ccccc1)N1CCc2ccccc21. The van der Waals surface area contributed by atoms with Crippen molar-refractivity contribution in [2.45, 2.75) is 37.6 Å². The highest BCUT2D eigenvalue weighted by Gasteiger charge is 2.26. The van der Waals surface area contributed by atoms with E-state index in [0.717, 1.165) is 24.6 Å². The van der Waals surface area contributed by atoms with Gasteiger partial charge < -0.3 is 10.2 Å². The van der Waals surface area contributed by atoms with Crippen LogP contribution in [0, 0.1) is 0 Å². The van der Waals surface area contributed by atoms with Crippen LogP contribution in [0.25, 0.3) is 0 Å². The van der Waals surface area contributed by atoms with Crippen LogP contribution in [0.3, 0.4) is 0 Å². The van der Waals surface area contributed by atoms with E-state index in [2.05, 4.69) is 27.3 Å². The predicted molar refractivity (Wildman–Crippen MR) is 111 cm³/mol. The molecule has 1 N–H and O–H groups in total. The van der Waals surface area contributed by atoms with Crippen LogP contribution in [0.5, 0.6) is 0 Å². The van der Waals surface area contributed by atoms with Crippen LogP contribution < -0.4 is 10.2 Å². The molecule has 144 valence electrons. The Morgan fingerprint density at radius 1 is 1.11 bits per heavy atom. The molecule has 2 aromatic carbocycles. The Kier molecular flexibility index (Phi) is 6.16. The molecule has 0 amide bonds. The van der Waals surface area contributed by atoms with Gasteiger partial charge in [-0.25, -0.2) is 8.42 Å². The molecular formula is C21H27N3O2S. The smallest absolute Gasteiger partial charge is 0.198 e. The summed E-state index contributed by atoms with van der Waals surface area (Å²) in [5.41, 5.74) is 2.45. The van der Waals surface area contributed by atoms with Crippen molar-refractivity contribution in [3.63, 3.8) is 0 Å². The zero-order valence-corrected chi connectivity index (χ0v) is 16.7. The summed E-state index contributed by atoms with van der Waals surface area (Å²) in [4.78, 5) is 7.16. The van der Waals surface area contributed by atoms with E-state index >= 15 is 0 Å². The molecule has 1 heterocycles. The van der Waals surface area contributed by atoms with Gasteiger partial charge in [-0.3, -0.25) is 4.99 Å². The van der Waals surface area contributed by atoms with Gasteiger partial charge in [0.05, 0.1) is 10.6 Å². The minimum atomic E-state index is -3.35. The Bertz CT molecular complexity index is 895. The van der Waals surface area contributed by atoms with Crippen LogP contribution in [0.15, 0.2) is 64.5 Å². The average Bonchev–Trinajstić information content (AvgIpc) is 3.11. The number of rotatable bonds is 6. The summed E-state index contributed by atoms with van der Waals surface area (Å²) in [6.45, 7) is 5.49. The zero-order chi connectivity index (χ0) is 19.3. The molecule has 1 aliphatic rings. The fourth-order valence-electron chi connectivity index (χ4n) is 3.35. The van der Waals surface area contributed by atoms with E-state index in [0.29, 0.717) is 17.9 Å². The van der Waals surface area contributed by atoms with E-state index in [1.165, 1.54) is 5.56 Å². The number of hydrogen-bond acceptors (Lipinski definition) is 3. The number of benzene rings is 2. The second-order valence-corrected chi connectivity index (χ2v) is 8.71. The van der Waals surface area contributed by atoms with Crippen molar-refractivity contribution in [3.05, 3.63) is 60.2 Å². The van der Waals surface area contributed by atoms with Crippen molar-refractivity contribution in [3.8, 4) is 0 Å². The summed E-state index contributed by atoms with van der Waals surface area (Å²) < 4.78 is 25.5. The molecule has 5 nitrogen and oxygen atoms in total. The van der Waals surface area contributed by atoms with E-state index in [1.54, 1.807) is 24.3 Å². The van der Waals surface area contributed by atoms with Crippen molar-refractivity contribution < 1.29 is 8.42 Å². The lowest BCUT2D eigenvalue weighted by Gasteiger charge is -2.27. The van der Waals surface area contributed by atoms with Gasteiger partial charge in [0.25, 0.3) is 0 Å².